The highest BCUT2D eigenvalue weighted by Gasteiger charge is 2.11. The van der Waals surface area contributed by atoms with E-state index in [4.69, 9.17) is 9.53 Å². The third-order valence-electron chi connectivity index (χ3n) is 3.83. The highest BCUT2D eigenvalue weighted by molar-refractivity contribution is 6.48. The van der Waals surface area contributed by atoms with Crippen LogP contribution in [0.3, 0.4) is 0 Å². The summed E-state index contributed by atoms with van der Waals surface area (Å²) in [5, 5.41) is 8.73. The Morgan fingerprint density at radius 1 is 0.862 bits per heavy atom. The molecule has 0 amide bonds. The van der Waals surface area contributed by atoms with Gasteiger partial charge in [-0.25, -0.2) is 0 Å². The Hall–Kier alpha value is -1.52. The van der Waals surface area contributed by atoms with E-state index in [9.17, 15) is 0 Å². The minimum absolute atomic E-state index is 0.0837. The predicted octanol–water partition coefficient (Wildman–Crippen LogP) is 6.31. The van der Waals surface area contributed by atoms with Crippen molar-refractivity contribution in [3.8, 4) is 23.7 Å². The van der Waals surface area contributed by atoms with E-state index in [-0.39, 0.29) is 12.2 Å². The summed E-state index contributed by atoms with van der Waals surface area (Å²) in [6, 6.07) is 8.08. The van der Waals surface area contributed by atoms with E-state index in [2.05, 4.69) is 64.5 Å². The molecule has 0 saturated heterocycles. The molecule has 0 unspecified atom stereocenters. The van der Waals surface area contributed by atoms with Crippen molar-refractivity contribution >= 4 is 9.04 Å². The largest absolute Gasteiger partial charge is 0.416 e. The Kier molecular flexibility index (Phi) is 16.4. The van der Waals surface area contributed by atoms with Crippen LogP contribution in [0.25, 0.3) is 0 Å². The van der Waals surface area contributed by atoms with Crippen LogP contribution in [0, 0.1) is 23.7 Å². The lowest BCUT2D eigenvalue weighted by atomic mass is 10.1. The molecule has 0 radical (unpaired) electrons. The van der Waals surface area contributed by atoms with E-state index in [1.807, 2.05) is 24.3 Å². The van der Waals surface area contributed by atoms with Crippen molar-refractivity contribution in [1.29, 1.82) is 0 Å². The van der Waals surface area contributed by atoms with Crippen LogP contribution in [0.1, 0.15) is 90.2 Å². The zero-order valence-corrected chi connectivity index (χ0v) is 20.8. The van der Waals surface area contributed by atoms with Gasteiger partial charge in [-0.3, -0.25) is 0 Å². The van der Waals surface area contributed by atoms with Crippen LogP contribution >= 0.6 is 0 Å². The van der Waals surface area contributed by atoms with Gasteiger partial charge in [-0.1, -0.05) is 62.0 Å². The molecule has 0 aliphatic heterocycles. The van der Waals surface area contributed by atoms with E-state index < -0.39 is 9.04 Å². The lowest BCUT2D eigenvalue weighted by molar-refractivity contribution is 0.132. The van der Waals surface area contributed by atoms with Crippen LogP contribution in [-0.2, 0) is 4.43 Å². The molecule has 1 rings (SSSR count). The van der Waals surface area contributed by atoms with Gasteiger partial charge in [-0.05, 0) is 65.3 Å². The summed E-state index contributed by atoms with van der Waals surface area (Å²) in [5.41, 5.74) is 2.13. The number of benzene rings is 1. The molecule has 2 nitrogen and oxygen atoms in total. The van der Waals surface area contributed by atoms with Crippen molar-refractivity contribution in [3.63, 3.8) is 0 Å². The fourth-order valence-electron chi connectivity index (χ4n) is 2.69. The molecule has 0 saturated carbocycles. The van der Waals surface area contributed by atoms with Crippen LogP contribution < -0.4 is 0 Å². The molecule has 0 heterocycles. The number of aliphatic hydroxyl groups excluding tert-OH is 1. The van der Waals surface area contributed by atoms with E-state index >= 15 is 0 Å². The van der Waals surface area contributed by atoms with Gasteiger partial charge in [0.15, 0.2) is 9.04 Å². The minimum Gasteiger partial charge on any atom is -0.416 e. The standard InChI is InChI=1S/C20H26O.C6H16OSi/c1-2-3-4-5-6-9-14-19-16-11-12-17-20(19)15-10-7-8-13-18-21;1-6(2,3)7-8(4)5/h11-12,16-17,21H,2-8,13,18H2,1H3;8H,1-5H3. The summed E-state index contributed by atoms with van der Waals surface area (Å²) in [6.45, 7) is 13.1. The normalized spacial score (nSPS) is 10.3. The van der Waals surface area contributed by atoms with Gasteiger partial charge in [-0.15, -0.1) is 0 Å². The van der Waals surface area contributed by atoms with Gasteiger partial charge in [0.25, 0.3) is 0 Å². The Labute approximate surface area is 182 Å². The third kappa shape index (κ3) is 18.3. The lowest BCUT2D eigenvalue weighted by Gasteiger charge is -2.22. The van der Waals surface area contributed by atoms with Crippen LogP contribution in [0.5, 0.6) is 0 Å². The van der Waals surface area contributed by atoms with Crippen LogP contribution in [0.15, 0.2) is 24.3 Å². The summed E-state index contributed by atoms with van der Waals surface area (Å²) in [4.78, 5) is 0. The van der Waals surface area contributed by atoms with Crippen molar-refractivity contribution in [2.45, 2.75) is 97.8 Å². The minimum atomic E-state index is -0.796. The van der Waals surface area contributed by atoms with Crippen molar-refractivity contribution in [2.75, 3.05) is 6.61 Å². The van der Waals surface area contributed by atoms with Gasteiger partial charge in [-0.2, -0.15) is 0 Å². The second-order valence-electron chi connectivity index (χ2n) is 8.42. The Morgan fingerprint density at radius 2 is 1.38 bits per heavy atom. The van der Waals surface area contributed by atoms with E-state index in [1.54, 1.807) is 0 Å². The van der Waals surface area contributed by atoms with Gasteiger partial charge in [0.2, 0.25) is 0 Å². The first-order valence-electron chi connectivity index (χ1n) is 11.2. The summed E-state index contributed by atoms with van der Waals surface area (Å²) in [7, 11) is -0.796. The summed E-state index contributed by atoms with van der Waals surface area (Å²) >= 11 is 0. The second-order valence-corrected chi connectivity index (χ2v) is 10.8. The van der Waals surface area contributed by atoms with Crippen molar-refractivity contribution < 1.29 is 9.53 Å². The molecule has 0 aromatic heterocycles. The van der Waals surface area contributed by atoms with Gasteiger partial charge in [0, 0.05) is 36.2 Å². The first-order chi connectivity index (χ1) is 13.8. The first kappa shape index (κ1) is 27.5. The number of unbranched alkanes of at least 4 members (excludes halogenated alkanes) is 6. The Balaban J connectivity index is 0.000000828. The number of aliphatic hydroxyl groups is 1. The SMILES string of the molecule is CCCCCCC#Cc1ccccc1C#CCCCCO.C[SiH](C)OC(C)(C)C. The average Bonchev–Trinajstić information content (AvgIpc) is 2.64. The maximum absolute atomic E-state index is 8.73. The zero-order chi connectivity index (χ0) is 22.0. The zero-order valence-electron chi connectivity index (χ0n) is 19.6. The molecular weight excluding hydrogens is 372 g/mol. The highest BCUT2D eigenvalue weighted by Crippen LogP contribution is 2.08. The fourth-order valence-corrected chi connectivity index (χ4v) is 4.10. The molecule has 29 heavy (non-hydrogen) atoms. The molecule has 1 aromatic rings. The molecule has 0 aliphatic carbocycles. The predicted molar refractivity (Wildman–Crippen MR) is 130 cm³/mol. The molecule has 1 aromatic carbocycles. The van der Waals surface area contributed by atoms with Gasteiger partial charge in [0.1, 0.15) is 0 Å². The molecule has 3 heteroatoms. The number of rotatable bonds is 8. The highest BCUT2D eigenvalue weighted by atomic mass is 28.3. The monoisotopic (exact) mass is 414 g/mol. The van der Waals surface area contributed by atoms with Crippen LogP contribution in [0.2, 0.25) is 13.1 Å². The third-order valence-corrected chi connectivity index (χ3v) is 5.01. The van der Waals surface area contributed by atoms with Crippen molar-refractivity contribution in [2.24, 2.45) is 0 Å². The number of hydrogen-bond acceptors (Lipinski definition) is 2. The van der Waals surface area contributed by atoms with E-state index in [1.165, 1.54) is 25.7 Å². The molecule has 0 spiro atoms. The number of hydrogen-bond donors (Lipinski definition) is 1. The summed E-state index contributed by atoms with van der Waals surface area (Å²) < 4.78 is 5.58. The molecular formula is C26H42O2Si. The molecule has 0 aliphatic rings. The fraction of sp³-hybridized carbons (Fsp3) is 0.615. The molecule has 1 N–H and O–H groups in total. The molecule has 0 bridgehead atoms. The topological polar surface area (TPSA) is 29.5 Å². The van der Waals surface area contributed by atoms with Crippen molar-refractivity contribution in [3.05, 3.63) is 35.4 Å². The second kappa shape index (κ2) is 17.3. The smallest absolute Gasteiger partial charge is 0.171 e. The Bertz CT molecular complexity index is 651. The van der Waals surface area contributed by atoms with Crippen molar-refractivity contribution in [1.82, 2.24) is 0 Å². The maximum Gasteiger partial charge on any atom is 0.171 e. The van der Waals surface area contributed by atoms with Gasteiger partial charge >= 0.3 is 0 Å². The van der Waals surface area contributed by atoms with E-state index in [0.29, 0.717) is 0 Å². The first-order valence-corrected chi connectivity index (χ1v) is 13.9. The summed E-state index contributed by atoms with van der Waals surface area (Å²) in [6.07, 6.45) is 8.62. The Morgan fingerprint density at radius 3 is 1.76 bits per heavy atom. The van der Waals surface area contributed by atoms with Crippen LogP contribution in [-0.4, -0.2) is 26.4 Å². The quantitative estimate of drug-likeness (QED) is 0.307. The molecule has 0 fully saturated rings. The van der Waals surface area contributed by atoms with E-state index in [0.717, 1.165) is 36.8 Å². The average molecular weight is 415 g/mol. The van der Waals surface area contributed by atoms with Gasteiger partial charge < -0.3 is 9.53 Å². The molecule has 162 valence electrons. The maximum atomic E-state index is 8.73. The van der Waals surface area contributed by atoms with Crippen LogP contribution in [0.4, 0.5) is 0 Å². The van der Waals surface area contributed by atoms with Gasteiger partial charge in [0.05, 0.1) is 0 Å². The molecule has 0 atom stereocenters. The lowest BCUT2D eigenvalue weighted by Crippen LogP contribution is -2.25. The summed E-state index contributed by atoms with van der Waals surface area (Å²) in [5.74, 6) is 12.9.